The van der Waals surface area contributed by atoms with Crippen LogP contribution in [0.25, 0.3) is 0 Å². The molecule has 2 aromatic rings. The lowest BCUT2D eigenvalue weighted by Crippen LogP contribution is -2.29. The van der Waals surface area contributed by atoms with Gasteiger partial charge in [0.2, 0.25) is 0 Å². The standard InChI is InChI=1S/C19H24N2O5/c1-13-16(19(23)26-12-11-24-3)14(2)21-17(13)18(22)20-9-10-25-15-7-5-4-6-8-15/h4-8,21H,9-12H2,1-3H3,(H,20,22). The van der Waals surface area contributed by atoms with E-state index in [-0.39, 0.29) is 12.5 Å². The molecule has 0 bridgehead atoms. The lowest BCUT2D eigenvalue weighted by Gasteiger charge is -2.08. The largest absolute Gasteiger partial charge is 0.492 e. The van der Waals surface area contributed by atoms with Crippen LogP contribution < -0.4 is 10.1 Å². The Morgan fingerprint density at radius 2 is 1.81 bits per heavy atom. The number of methoxy groups -OCH3 is 1. The molecule has 0 radical (unpaired) electrons. The van der Waals surface area contributed by atoms with Gasteiger partial charge in [0.25, 0.3) is 5.91 Å². The van der Waals surface area contributed by atoms with E-state index in [4.69, 9.17) is 14.2 Å². The van der Waals surface area contributed by atoms with Gasteiger partial charge in [-0.1, -0.05) is 18.2 Å². The number of benzene rings is 1. The average molecular weight is 360 g/mol. The molecule has 0 atom stereocenters. The number of aryl methyl sites for hydroxylation is 1. The van der Waals surface area contributed by atoms with E-state index in [0.717, 1.165) is 5.75 Å². The number of H-pyrrole nitrogens is 1. The Bertz CT molecular complexity index is 740. The Balaban J connectivity index is 1.90. The summed E-state index contributed by atoms with van der Waals surface area (Å²) in [4.78, 5) is 27.5. The van der Waals surface area contributed by atoms with Crippen LogP contribution in [0.5, 0.6) is 5.75 Å². The van der Waals surface area contributed by atoms with Gasteiger partial charge in [0.15, 0.2) is 0 Å². The molecule has 0 unspecified atom stereocenters. The first-order valence-corrected chi connectivity index (χ1v) is 8.36. The van der Waals surface area contributed by atoms with Crippen molar-refractivity contribution >= 4 is 11.9 Å². The van der Waals surface area contributed by atoms with Crippen molar-refractivity contribution in [1.82, 2.24) is 10.3 Å². The smallest absolute Gasteiger partial charge is 0.340 e. The number of rotatable bonds is 9. The Hall–Kier alpha value is -2.80. The third kappa shape index (κ3) is 5.10. The SMILES string of the molecule is COCCOC(=O)c1c(C)[nH]c(C(=O)NCCOc2ccccc2)c1C. The molecule has 1 heterocycles. The summed E-state index contributed by atoms with van der Waals surface area (Å²) in [6, 6.07) is 9.37. The zero-order valence-electron chi connectivity index (χ0n) is 15.3. The maximum absolute atomic E-state index is 12.4. The maximum atomic E-state index is 12.4. The van der Waals surface area contributed by atoms with Gasteiger partial charge in [-0.2, -0.15) is 0 Å². The molecule has 2 rings (SSSR count). The first-order chi connectivity index (χ1) is 12.5. The maximum Gasteiger partial charge on any atom is 0.340 e. The van der Waals surface area contributed by atoms with Crippen molar-refractivity contribution in [2.75, 3.05) is 33.5 Å². The lowest BCUT2D eigenvalue weighted by atomic mass is 10.1. The van der Waals surface area contributed by atoms with Crippen molar-refractivity contribution in [3.8, 4) is 5.75 Å². The molecule has 0 aliphatic heterocycles. The van der Waals surface area contributed by atoms with Crippen LogP contribution in [0.15, 0.2) is 30.3 Å². The minimum absolute atomic E-state index is 0.164. The van der Waals surface area contributed by atoms with Crippen LogP contribution in [-0.4, -0.2) is 50.3 Å². The third-order valence-corrected chi connectivity index (χ3v) is 3.79. The first kappa shape index (κ1) is 19.5. The summed E-state index contributed by atoms with van der Waals surface area (Å²) in [5.41, 5.74) is 1.88. The molecule has 0 saturated heterocycles. The van der Waals surface area contributed by atoms with Crippen molar-refractivity contribution in [2.24, 2.45) is 0 Å². The van der Waals surface area contributed by atoms with Crippen molar-refractivity contribution in [3.63, 3.8) is 0 Å². The number of nitrogens with one attached hydrogen (secondary N) is 2. The van der Waals surface area contributed by atoms with E-state index in [1.54, 1.807) is 13.8 Å². The molecule has 26 heavy (non-hydrogen) atoms. The molecule has 2 N–H and O–H groups in total. The topological polar surface area (TPSA) is 89.7 Å². The summed E-state index contributed by atoms with van der Waals surface area (Å²) in [7, 11) is 1.53. The number of carbonyl (C=O) groups excluding carboxylic acids is 2. The summed E-state index contributed by atoms with van der Waals surface area (Å²) in [5, 5.41) is 2.77. The number of amides is 1. The van der Waals surface area contributed by atoms with E-state index in [2.05, 4.69) is 10.3 Å². The summed E-state index contributed by atoms with van der Waals surface area (Å²) in [6.45, 7) is 4.63. The molecule has 0 aliphatic rings. The van der Waals surface area contributed by atoms with Crippen molar-refractivity contribution in [2.45, 2.75) is 13.8 Å². The molecule has 1 amide bonds. The summed E-state index contributed by atoms with van der Waals surface area (Å²) >= 11 is 0. The second-order valence-corrected chi connectivity index (χ2v) is 5.67. The number of hydrogen-bond donors (Lipinski definition) is 2. The molecule has 7 heteroatoms. The van der Waals surface area contributed by atoms with Crippen LogP contribution in [0, 0.1) is 13.8 Å². The van der Waals surface area contributed by atoms with Crippen molar-refractivity contribution in [1.29, 1.82) is 0 Å². The van der Waals surface area contributed by atoms with Crippen LogP contribution in [0.2, 0.25) is 0 Å². The van der Waals surface area contributed by atoms with Gasteiger partial charge in [-0.15, -0.1) is 0 Å². The van der Waals surface area contributed by atoms with Crippen LogP contribution in [-0.2, 0) is 9.47 Å². The average Bonchev–Trinajstić information content (AvgIpc) is 2.94. The normalized spacial score (nSPS) is 10.4. The Morgan fingerprint density at radius 1 is 1.08 bits per heavy atom. The van der Waals surface area contributed by atoms with E-state index in [1.165, 1.54) is 7.11 Å². The fraction of sp³-hybridized carbons (Fsp3) is 0.368. The number of para-hydroxylation sites is 1. The first-order valence-electron chi connectivity index (χ1n) is 8.36. The molecule has 1 aromatic heterocycles. The summed E-state index contributed by atoms with van der Waals surface area (Å²) in [5.74, 6) is -0.0206. The Morgan fingerprint density at radius 3 is 2.50 bits per heavy atom. The highest BCUT2D eigenvalue weighted by Crippen LogP contribution is 2.19. The van der Waals surface area contributed by atoms with Gasteiger partial charge in [0.05, 0.1) is 18.7 Å². The monoisotopic (exact) mass is 360 g/mol. The number of ether oxygens (including phenoxy) is 3. The highest BCUT2D eigenvalue weighted by atomic mass is 16.6. The quantitative estimate of drug-likeness (QED) is 0.529. The molecule has 0 fully saturated rings. The number of esters is 1. The van der Waals surface area contributed by atoms with Gasteiger partial charge in [0, 0.05) is 12.8 Å². The van der Waals surface area contributed by atoms with Crippen LogP contribution in [0.3, 0.4) is 0 Å². The van der Waals surface area contributed by atoms with Gasteiger partial charge in [-0.3, -0.25) is 4.79 Å². The van der Waals surface area contributed by atoms with Crippen LogP contribution in [0.4, 0.5) is 0 Å². The molecule has 0 saturated carbocycles. The highest BCUT2D eigenvalue weighted by Gasteiger charge is 2.22. The van der Waals surface area contributed by atoms with Gasteiger partial charge >= 0.3 is 5.97 Å². The predicted molar refractivity (Wildman–Crippen MR) is 96.7 cm³/mol. The van der Waals surface area contributed by atoms with Gasteiger partial charge in [-0.05, 0) is 31.5 Å². The second kappa shape index (κ2) is 9.62. The molecule has 0 spiro atoms. The minimum Gasteiger partial charge on any atom is -0.492 e. The van der Waals surface area contributed by atoms with Crippen molar-refractivity contribution < 1.29 is 23.8 Å². The fourth-order valence-electron chi connectivity index (χ4n) is 2.51. The second-order valence-electron chi connectivity index (χ2n) is 5.67. The van der Waals surface area contributed by atoms with Crippen LogP contribution in [0.1, 0.15) is 32.1 Å². The van der Waals surface area contributed by atoms with Gasteiger partial charge in [-0.25, -0.2) is 4.79 Å². The molecule has 7 nitrogen and oxygen atoms in total. The van der Waals surface area contributed by atoms with E-state index in [1.807, 2.05) is 30.3 Å². The van der Waals surface area contributed by atoms with Gasteiger partial charge < -0.3 is 24.5 Å². The molecular formula is C19H24N2O5. The Labute approximate surface area is 152 Å². The van der Waals surface area contributed by atoms with E-state index < -0.39 is 5.97 Å². The zero-order chi connectivity index (χ0) is 18.9. The van der Waals surface area contributed by atoms with E-state index >= 15 is 0 Å². The number of hydrogen-bond acceptors (Lipinski definition) is 5. The molecule has 1 aromatic carbocycles. The number of aromatic amines is 1. The van der Waals surface area contributed by atoms with E-state index in [0.29, 0.717) is 42.3 Å². The predicted octanol–water partition coefficient (Wildman–Crippen LogP) is 2.24. The number of aromatic nitrogens is 1. The third-order valence-electron chi connectivity index (χ3n) is 3.79. The minimum atomic E-state index is -0.472. The molecular weight excluding hydrogens is 336 g/mol. The van der Waals surface area contributed by atoms with E-state index in [9.17, 15) is 9.59 Å². The lowest BCUT2D eigenvalue weighted by molar-refractivity contribution is 0.0387. The molecule has 0 aliphatic carbocycles. The van der Waals surface area contributed by atoms with Crippen molar-refractivity contribution in [3.05, 3.63) is 52.8 Å². The Kier molecular flexibility index (Phi) is 7.23. The summed E-state index contributed by atoms with van der Waals surface area (Å²) < 4.78 is 15.5. The summed E-state index contributed by atoms with van der Waals surface area (Å²) in [6.07, 6.45) is 0. The highest BCUT2D eigenvalue weighted by molar-refractivity contribution is 6.00. The number of carbonyl (C=O) groups is 2. The van der Waals surface area contributed by atoms with Gasteiger partial charge in [0.1, 0.15) is 24.7 Å². The fourth-order valence-corrected chi connectivity index (χ4v) is 2.51. The molecule has 140 valence electrons. The zero-order valence-corrected chi connectivity index (χ0v) is 15.3. The van der Waals surface area contributed by atoms with Crippen LogP contribution >= 0.6 is 0 Å².